The third kappa shape index (κ3) is 4.53. The van der Waals surface area contributed by atoms with Gasteiger partial charge in [0.2, 0.25) is 0 Å². The van der Waals surface area contributed by atoms with E-state index in [0.29, 0.717) is 13.0 Å². The second kappa shape index (κ2) is 7.01. The fourth-order valence-electron chi connectivity index (χ4n) is 1.64. The Morgan fingerprint density at radius 2 is 2.06 bits per heavy atom. The third-order valence-corrected chi connectivity index (χ3v) is 2.63. The Morgan fingerprint density at radius 1 is 1.41 bits per heavy atom. The zero-order valence-corrected chi connectivity index (χ0v) is 10.2. The Bertz CT molecular complexity index is 351. The van der Waals surface area contributed by atoms with Gasteiger partial charge in [-0.2, -0.15) is 0 Å². The maximum absolute atomic E-state index is 12.8. The molecule has 0 amide bonds. The molecule has 1 aromatic carbocycles. The van der Waals surface area contributed by atoms with Crippen LogP contribution >= 0.6 is 0 Å². The van der Waals surface area contributed by atoms with Gasteiger partial charge in [-0.3, -0.25) is 4.79 Å². The second-order valence-corrected chi connectivity index (χ2v) is 3.79. The molecule has 1 aromatic rings. The summed E-state index contributed by atoms with van der Waals surface area (Å²) < 4.78 is 17.3. The summed E-state index contributed by atoms with van der Waals surface area (Å²) in [7, 11) is 1.37. The lowest BCUT2D eigenvalue weighted by atomic mass is 10.0. The summed E-state index contributed by atoms with van der Waals surface area (Å²) in [5.41, 5.74) is 1.03. The number of carbonyl (C=O) groups excluding carboxylic acids is 1. The zero-order valence-electron chi connectivity index (χ0n) is 10.2. The van der Waals surface area contributed by atoms with Crippen molar-refractivity contribution in [3.05, 3.63) is 35.6 Å². The Labute approximate surface area is 101 Å². The number of esters is 1. The molecule has 0 aliphatic carbocycles. The van der Waals surface area contributed by atoms with Gasteiger partial charge in [0.25, 0.3) is 0 Å². The first-order valence-corrected chi connectivity index (χ1v) is 5.73. The fourth-order valence-corrected chi connectivity index (χ4v) is 1.64. The van der Waals surface area contributed by atoms with E-state index in [1.165, 1.54) is 19.2 Å². The smallest absolute Gasteiger partial charge is 0.306 e. The summed E-state index contributed by atoms with van der Waals surface area (Å²) in [4.78, 5) is 11.0. The predicted octanol–water partition coefficient (Wildman–Crippen LogP) is 2.43. The number of benzene rings is 1. The first-order chi connectivity index (χ1) is 8.17. The molecule has 1 rings (SSSR count). The Hall–Kier alpha value is -1.42. The zero-order chi connectivity index (χ0) is 12.7. The average molecular weight is 239 g/mol. The molecule has 0 bridgehead atoms. The normalized spacial score (nSPS) is 12.2. The maximum atomic E-state index is 12.8. The van der Waals surface area contributed by atoms with Gasteiger partial charge in [0, 0.05) is 12.6 Å². The minimum absolute atomic E-state index is 0.139. The Balaban J connectivity index is 2.48. The van der Waals surface area contributed by atoms with E-state index in [1.54, 1.807) is 12.1 Å². The van der Waals surface area contributed by atoms with E-state index in [2.05, 4.69) is 10.1 Å². The largest absolute Gasteiger partial charge is 0.469 e. The van der Waals surface area contributed by atoms with Crippen LogP contribution in [0.1, 0.15) is 31.4 Å². The van der Waals surface area contributed by atoms with E-state index < -0.39 is 0 Å². The van der Waals surface area contributed by atoms with Crippen LogP contribution in [-0.4, -0.2) is 19.6 Å². The molecule has 4 heteroatoms. The van der Waals surface area contributed by atoms with E-state index >= 15 is 0 Å². The average Bonchev–Trinajstić information content (AvgIpc) is 2.35. The van der Waals surface area contributed by atoms with E-state index in [9.17, 15) is 9.18 Å². The summed E-state index contributed by atoms with van der Waals surface area (Å²) in [5.74, 6) is -0.468. The topological polar surface area (TPSA) is 38.3 Å². The standard InChI is InChI=1S/C13H18FNO2/c1-3-12(15-9-8-13(16)17-2)10-4-6-11(14)7-5-10/h4-7,12,15H,3,8-9H2,1-2H3. The van der Waals surface area contributed by atoms with Crippen LogP contribution < -0.4 is 5.32 Å². The van der Waals surface area contributed by atoms with Crippen LogP contribution in [0.15, 0.2) is 24.3 Å². The monoisotopic (exact) mass is 239 g/mol. The number of methoxy groups -OCH3 is 1. The molecule has 17 heavy (non-hydrogen) atoms. The third-order valence-electron chi connectivity index (χ3n) is 2.63. The molecular weight excluding hydrogens is 221 g/mol. The molecule has 3 nitrogen and oxygen atoms in total. The molecule has 1 unspecified atom stereocenters. The molecule has 0 saturated heterocycles. The van der Waals surface area contributed by atoms with Crippen LogP contribution in [0.2, 0.25) is 0 Å². The minimum Gasteiger partial charge on any atom is -0.469 e. The SMILES string of the molecule is CCC(NCCC(=O)OC)c1ccc(F)cc1. The van der Waals surface area contributed by atoms with Gasteiger partial charge in [-0.15, -0.1) is 0 Å². The van der Waals surface area contributed by atoms with Crippen molar-refractivity contribution in [1.29, 1.82) is 0 Å². The summed E-state index contributed by atoms with van der Waals surface area (Å²) in [5, 5.41) is 3.25. The first kappa shape index (κ1) is 13.6. The number of hydrogen-bond acceptors (Lipinski definition) is 3. The summed E-state index contributed by atoms with van der Waals surface area (Å²) in [6.45, 7) is 2.60. The number of carbonyl (C=O) groups is 1. The van der Waals surface area contributed by atoms with Crippen molar-refractivity contribution in [2.75, 3.05) is 13.7 Å². The first-order valence-electron chi connectivity index (χ1n) is 5.73. The highest BCUT2D eigenvalue weighted by molar-refractivity contribution is 5.69. The van der Waals surface area contributed by atoms with Crippen LogP contribution in [0, 0.1) is 5.82 Å². The molecule has 0 saturated carbocycles. The lowest BCUT2D eigenvalue weighted by Gasteiger charge is -2.17. The van der Waals surface area contributed by atoms with Crippen LogP contribution in [0.4, 0.5) is 4.39 Å². The van der Waals surface area contributed by atoms with Crippen molar-refractivity contribution in [2.24, 2.45) is 0 Å². The second-order valence-electron chi connectivity index (χ2n) is 3.79. The number of halogens is 1. The predicted molar refractivity (Wildman–Crippen MR) is 64.1 cm³/mol. The van der Waals surface area contributed by atoms with Crippen LogP contribution in [0.3, 0.4) is 0 Å². The van der Waals surface area contributed by atoms with Gasteiger partial charge < -0.3 is 10.1 Å². The van der Waals surface area contributed by atoms with E-state index in [0.717, 1.165) is 12.0 Å². The molecule has 0 spiro atoms. The molecule has 94 valence electrons. The molecule has 0 aromatic heterocycles. The molecule has 1 atom stereocenters. The van der Waals surface area contributed by atoms with Crippen molar-refractivity contribution in [1.82, 2.24) is 5.32 Å². The molecule has 0 fully saturated rings. The number of ether oxygens (including phenoxy) is 1. The quantitative estimate of drug-likeness (QED) is 0.775. The number of hydrogen-bond donors (Lipinski definition) is 1. The Kier molecular flexibility index (Phi) is 5.63. The molecule has 0 aliphatic heterocycles. The van der Waals surface area contributed by atoms with Gasteiger partial charge in [-0.05, 0) is 24.1 Å². The highest BCUT2D eigenvalue weighted by atomic mass is 19.1. The molecular formula is C13H18FNO2. The van der Waals surface area contributed by atoms with E-state index in [-0.39, 0.29) is 17.8 Å². The van der Waals surface area contributed by atoms with Gasteiger partial charge in [-0.25, -0.2) is 4.39 Å². The fraction of sp³-hybridized carbons (Fsp3) is 0.462. The van der Waals surface area contributed by atoms with Crippen molar-refractivity contribution >= 4 is 5.97 Å². The minimum atomic E-state index is -0.238. The summed E-state index contributed by atoms with van der Waals surface area (Å²) in [6.07, 6.45) is 1.22. The van der Waals surface area contributed by atoms with Crippen molar-refractivity contribution in [2.45, 2.75) is 25.8 Å². The lowest BCUT2D eigenvalue weighted by molar-refractivity contribution is -0.140. The molecule has 0 aliphatic rings. The van der Waals surface area contributed by atoms with Crippen molar-refractivity contribution in [3.63, 3.8) is 0 Å². The molecule has 0 radical (unpaired) electrons. The summed E-state index contributed by atoms with van der Waals surface area (Å²) >= 11 is 0. The molecule has 1 N–H and O–H groups in total. The Morgan fingerprint density at radius 3 is 2.59 bits per heavy atom. The van der Waals surface area contributed by atoms with Crippen LogP contribution in [0.25, 0.3) is 0 Å². The van der Waals surface area contributed by atoms with Gasteiger partial charge in [0.15, 0.2) is 0 Å². The van der Waals surface area contributed by atoms with E-state index in [1.807, 2.05) is 6.92 Å². The highest BCUT2D eigenvalue weighted by Gasteiger charge is 2.09. The summed E-state index contributed by atoms with van der Waals surface area (Å²) in [6, 6.07) is 6.55. The maximum Gasteiger partial charge on any atom is 0.306 e. The van der Waals surface area contributed by atoms with Crippen LogP contribution in [0.5, 0.6) is 0 Å². The lowest BCUT2D eigenvalue weighted by Crippen LogP contribution is -2.24. The van der Waals surface area contributed by atoms with Gasteiger partial charge in [-0.1, -0.05) is 19.1 Å². The number of nitrogens with one attached hydrogen (secondary N) is 1. The van der Waals surface area contributed by atoms with Crippen LogP contribution in [-0.2, 0) is 9.53 Å². The van der Waals surface area contributed by atoms with Crippen molar-refractivity contribution < 1.29 is 13.9 Å². The highest BCUT2D eigenvalue weighted by Crippen LogP contribution is 2.16. The molecule has 0 heterocycles. The van der Waals surface area contributed by atoms with Crippen molar-refractivity contribution in [3.8, 4) is 0 Å². The van der Waals surface area contributed by atoms with Gasteiger partial charge in [0.1, 0.15) is 5.82 Å². The van der Waals surface area contributed by atoms with E-state index in [4.69, 9.17) is 0 Å². The van der Waals surface area contributed by atoms with Gasteiger partial charge >= 0.3 is 5.97 Å². The van der Waals surface area contributed by atoms with Gasteiger partial charge in [0.05, 0.1) is 13.5 Å². The number of rotatable bonds is 6.